The van der Waals surface area contributed by atoms with Crippen LogP contribution in [0.25, 0.3) is 0 Å². The largest absolute Gasteiger partial charge is 0.467 e. The van der Waals surface area contributed by atoms with E-state index in [4.69, 9.17) is 15.2 Å². The maximum absolute atomic E-state index is 12.0. The Morgan fingerprint density at radius 1 is 1.40 bits per heavy atom. The van der Waals surface area contributed by atoms with Crippen molar-refractivity contribution in [2.45, 2.75) is 13.2 Å². The molecule has 0 fully saturated rings. The van der Waals surface area contributed by atoms with Crippen LogP contribution in [-0.2, 0) is 17.9 Å². The highest BCUT2D eigenvalue weighted by Gasteiger charge is 2.16. The maximum atomic E-state index is 12.0. The smallest absolute Gasteiger partial charge is 0.265 e. The number of benzene rings is 1. The van der Waals surface area contributed by atoms with Gasteiger partial charge >= 0.3 is 0 Å². The van der Waals surface area contributed by atoms with E-state index in [0.717, 1.165) is 16.9 Å². The summed E-state index contributed by atoms with van der Waals surface area (Å²) in [4.78, 5) is 12.0. The number of anilines is 1. The molecule has 0 saturated carbocycles. The zero-order chi connectivity index (χ0) is 14.1. The molecule has 104 valence electrons. The molecular weight excluding hydrogens is 324 g/mol. The quantitative estimate of drug-likeness (QED) is 0.853. The van der Waals surface area contributed by atoms with E-state index in [1.165, 1.54) is 0 Å². The lowest BCUT2D eigenvalue weighted by Gasteiger charge is -2.21. The first-order valence-corrected chi connectivity index (χ1v) is 6.91. The van der Waals surface area contributed by atoms with Crippen LogP contribution in [0.15, 0.2) is 39.7 Å². The second kappa shape index (κ2) is 5.30. The molecule has 0 spiro atoms. The molecule has 5 nitrogen and oxygen atoms in total. The first kappa shape index (κ1) is 13.2. The highest BCUT2D eigenvalue weighted by molar-refractivity contribution is 9.10. The first-order valence-electron chi connectivity index (χ1n) is 6.12. The van der Waals surface area contributed by atoms with Crippen LogP contribution < -0.4 is 16.0 Å². The Bertz CT molecular complexity index is 712. The number of ether oxygens (including phenoxy) is 2. The molecule has 0 saturated heterocycles. The molecule has 1 aromatic heterocycles. The van der Waals surface area contributed by atoms with Crippen LogP contribution >= 0.6 is 15.9 Å². The van der Waals surface area contributed by atoms with Crippen LogP contribution in [0.2, 0.25) is 0 Å². The summed E-state index contributed by atoms with van der Waals surface area (Å²) in [7, 11) is 0. The van der Waals surface area contributed by atoms with Gasteiger partial charge in [-0.25, -0.2) is 0 Å². The summed E-state index contributed by atoms with van der Waals surface area (Å²) in [6, 6.07) is 7.20. The van der Waals surface area contributed by atoms with Gasteiger partial charge < -0.3 is 19.8 Å². The van der Waals surface area contributed by atoms with Gasteiger partial charge in [-0.05, 0) is 40.2 Å². The fraction of sp³-hybridized carbons (Fsp3) is 0.214. The van der Waals surface area contributed by atoms with E-state index in [0.29, 0.717) is 23.3 Å². The molecule has 6 heteroatoms. The van der Waals surface area contributed by atoms with Gasteiger partial charge in [0.2, 0.25) is 0 Å². The fourth-order valence-electron chi connectivity index (χ4n) is 2.26. The van der Waals surface area contributed by atoms with Crippen molar-refractivity contribution in [1.82, 2.24) is 4.57 Å². The summed E-state index contributed by atoms with van der Waals surface area (Å²) in [5.41, 5.74) is 8.23. The molecule has 0 bridgehead atoms. The number of rotatable bonds is 2. The van der Waals surface area contributed by atoms with E-state index in [1.54, 1.807) is 16.8 Å². The Labute approximate surface area is 124 Å². The van der Waals surface area contributed by atoms with Crippen LogP contribution in [0.4, 0.5) is 5.69 Å². The molecule has 20 heavy (non-hydrogen) atoms. The van der Waals surface area contributed by atoms with E-state index in [-0.39, 0.29) is 12.4 Å². The van der Waals surface area contributed by atoms with Gasteiger partial charge in [-0.2, -0.15) is 0 Å². The van der Waals surface area contributed by atoms with Gasteiger partial charge in [0.1, 0.15) is 5.75 Å². The lowest BCUT2D eigenvalue weighted by Crippen LogP contribution is -2.22. The molecule has 1 aromatic carbocycles. The molecule has 3 rings (SSSR count). The van der Waals surface area contributed by atoms with Gasteiger partial charge in [-0.15, -0.1) is 0 Å². The topological polar surface area (TPSA) is 66.5 Å². The second-order valence-electron chi connectivity index (χ2n) is 4.57. The van der Waals surface area contributed by atoms with Crippen molar-refractivity contribution in [3.63, 3.8) is 0 Å². The number of pyridine rings is 1. The van der Waals surface area contributed by atoms with Gasteiger partial charge in [-0.1, -0.05) is 0 Å². The summed E-state index contributed by atoms with van der Waals surface area (Å²) in [6.45, 7) is 1.10. The molecule has 1 aliphatic heterocycles. The van der Waals surface area contributed by atoms with Gasteiger partial charge in [0.05, 0.1) is 17.6 Å². The number of nitrogens with zero attached hydrogens (tertiary/aromatic N) is 1. The third-order valence-electron chi connectivity index (χ3n) is 3.12. The van der Waals surface area contributed by atoms with Crippen molar-refractivity contribution < 1.29 is 9.47 Å². The lowest BCUT2D eigenvalue weighted by molar-refractivity contribution is -0.0170. The number of halogens is 1. The number of nitrogens with two attached hydrogens (primary N) is 1. The summed E-state index contributed by atoms with van der Waals surface area (Å²) in [5.74, 6) is 0.761. The minimum Gasteiger partial charge on any atom is -0.467 e. The predicted octanol–water partition coefficient (Wildman–Crippen LogP) is 2.11. The van der Waals surface area contributed by atoms with Crippen LogP contribution in [0.3, 0.4) is 0 Å². The summed E-state index contributed by atoms with van der Waals surface area (Å²) in [6.07, 6.45) is 1.74. The zero-order valence-corrected chi connectivity index (χ0v) is 12.2. The number of aromatic nitrogens is 1. The molecule has 1 aliphatic rings. The minimum absolute atomic E-state index is 0.0873. The summed E-state index contributed by atoms with van der Waals surface area (Å²) in [5, 5.41) is 0. The number of hydrogen-bond donors (Lipinski definition) is 1. The van der Waals surface area contributed by atoms with Crippen molar-refractivity contribution in [3.05, 3.63) is 56.4 Å². The molecule has 2 aromatic rings. The van der Waals surface area contributed by atoms with Gasteiger partial charge in [0.25, 0.3) is 5.56 Å². The summed E-state index contributed by atoms with van der Waals surface area (Å²) < 4.78 is 12.9. The highest BCUT2D eigenvalue weighted by Crippen LogP contribution is 2.31. The first-order chi connectivity index (χ1) is 9.65. The standard InChI is InChI=1S/C14H13BrN2O3/c15-12-2-1-3-17(14(12)18)6-9-4-11(16)5-10-7-19-8-20-13(9)10/h1-5H,6-8,16H2. The molecule has 0 aliphatic carbocycles. The average molecular weight is 337 g/mol. The lowest BCUT2D eigenvalue weighted by atomic mass is 10.1. The summed E-state index contributed by atoms with van der Waals surface area (Å²) >= 11 is 3.24. The second-order valence-corrected chi connectivity index (χ2v) is 5.42. The van der Waals surface area contributed by atoms with E-state index in [9.17, 15) is 4.79 Å². The van der Waals surface area contributed by atoms with Crippen molar-refractivity contribution >= 4 is 21.6 Å². The minimum atomic E-state index is -0.0873. The van der Waals surface area contributed by atoms with E-state index < -0.39 is 0 Å². The van der Waals surface area contributed by atoms with Crippen molar-refractivity contribution in [1.29, 1.82) is 0 Å². The number of fused-ring (bicyclic) bond motifs is 1. The molecule has 2 heterocycles. The molecule has 0 radical (unpaired) electrons. The van der Waals surface area contributed by atoms with Crippen molar-refractivity contribution in [3.8, 4) is 5.75 Å². The van der Waals surface area contributed by atoms with Crippen LogP contribution in [0.5, 0.6) is 5.75 Å². The molecular formula is C14H13BrN2O3. The normalized spacial score (nSPS) is 13.7. The molecule has 0 unspecified atom stereocenters. The number of hydrogen-bond acceptors (Lipinski definition) is 4. The van der Waals surface area contributed by atoms with Gasteiger partial charge in [-0.3, -0.25) is 4.79 Å². The SMILES string of the molecule is Nc1cc2c(c(Cn3cccc(Br)c3=O)c1)OCOC2. The monoisotopic (exact) mass is 336 g/mol. The van der Waals surface area contributed by atoms with Crippen LogP contribution in [0.1, 0.15) is 11.1 Å². The van der Waals surface area contributed by atoms with Gasteiger partial charge in [0.15, 0.2) is 6.79 Å². The Morgan fingerprint density at radius 3 is 3.10 bits per heavy atom. The Kier molecular flexibility index (Phi) is 3.50. The molecule has 0 amide bonds. The zero-order valence-electron chi connectivity index (χ0n) is 10.6. The van der Waals surface area contributed by atoms with E-state index in [2.05, 4.69) is 15.9 Å². The Hall–Kier alpha value is -1.79. The average Bonchev–Trinajstić information content (AvgIpc) is 2.43. The predicted molar refractivity (Wildman–Crippen MR) is 78.6 cm³/mol. The third-order valence-corrected chi connectivity index (χ3v) is 3.73. The van der Waals surface area contributed by atoms with Crippen molar-refractivity contribution in [2.24, 2.45) is 0 Å². The van der Waals surface area contributed by atoms with Crippen LogP contribution in [-0.4, -0.2) is 11.4 Å². The van der Waals surface area contributed by atoms with Crippen molar-refractivity contribution in [2.75, 3.05) is 12.5 Å². The Morgan fingerprint density at radius 2 is 2.25 bits per heavy atom. The number of nitrogen functional groups attached to an aromatic ring is 1. The molecule has 0 atom stereocenters. The highest BCUT2D eigenvalue weighted by atomic mass is 79.9. The fourth-order valence-corrected chi connectivity index (χ4v) is 2.64. The van der Waals surface area contributed by atoms with E-state index >= 15 is 0 Å². The van der Waals surface area contributed by atoms with Crippen LogP contribution in [0, 0.1) is 0 Å². The maximum Gasteiger partial charge on any atom is 0.265 e. The van der Waals surface area contributed by atoms with E-state index in [1.807, 2.05) is 18.2 Å². The molecule has 2 N–H and O–H groups in total. The third kappa shape index (κ3) is 2.44. The van der Waals surface area contributed by atoms with Gasteiger partial charge in [0, 0.05) is 23.0 Å². The Balaban J connectivity index is 2.04.